The molecule has 1 heterocycles. The summed E-state index contributed by atoms with van der Waals surface area (Å²) in [5.74, 6) is 1.05. The van der Waals surface area contributed by atoms with E-state index in [9.17, 15) is 14.0 Å². The lowest BCUT2D eigenvalue weighted by Crippen LogP contribution is -2.31. The first kappa shape index (κ1) is 30.2. The summed E-state index contributed by atoms with van der Waals surface area (Å²) in [6.45, 7) is 6.48. The Morgan fingerprint density at radius 3 is 1.95 bits per heavy atom. The lowest BCUT2D eigenvalue weighted by Gasteiger charge is -2.19. The van der Waals surface area contributed by atoms with Gasteiger partial charge in [-0.05, 0) is 94.7 Å². The number of hydrogen-bond acceptors (Lipinski definition) is 6. The van der Waals surface area contributed by atoms with Crippen LogP contribution in [-0.4, -0.2) is 24.0 Å². The Morgan fingerprint density at radius 1 is 0.773 bits per heavy atom. The van der Waals surface area contributed by atoms with Crippen LogP contribution in [0.5, 0.6) is 23.0 Å². The van der Waals surface area contributed by atoms with Crippen LogP contribution in [0.15, 0.2) is 103 Å². The van der Waals surface area contributed by atoms with Crippen LogP contribution >= 0.6 is 0 Å². The normalized spacial score (nSPS) is 11.9. The van der Waals surface area contributed by atoms with Gasteiger partial charge in [0.2, 0.25) is 0 Å². The molecule has 4 aromatic carbocycles. The maximum atomic E-state index is 13.4. The van der Waals surface area contributed by atoms with Gasteiger partial charge in [0.1, 0.15) is 34.5 Å². The van der Waals surface area contributed by atoms with E-state index < -0.39 is 17.9 Å². The Kier molecular flexibility index (Phi) is 8.90. The van der Waals surface area contributed by atoms with Gasteiger partial charge in [-0.1, -0.05) is 45.0 Å². The number of benzene rings is 4. The number of carbonyl (C=O) groups is 2. The molecule has 5 aromatic rings. The highest BCUT2D eigenvalue weighted by molar-refractivity contribution is 5.97. The number of methoxy groups -OCH3 is 1. The third kappa shape index (κ3) is 7.58. The number of pyridine rings is 1. The molecule has 1 atom stereocenters. The molecule has 0 bridgehead atoms. The minimum atomic E-state index is -0.682. The fraction of sp³-hybridized carbons (Fsp3) is 0.194. The average molecular weight is 593 g/mol. The maximum Gasteiger partial charge on any atom is 0.307 e. The van der Waals surface area contributed by atoms with Crippen molar-refractivity contribution in [2.75, 3.05) is 7.11 Å². The van der Waals surface area contributed by atoms with E-state index in [-0.39, 0.29) is 23.3 Å². The number of nitrogens with one attached hydrogen (secondary N) is 1. The van der Waals surface area contributed by atoms with E-state index in [0.29, 0.717) is 28.6 Å². The lowest BCUT2D eigenvalue weighted by molar-refractivity contribution is -0.141. The Morgan fingerprint density at radius 2 is 1.34 bits per heavy atom. The zero-order chi connectivity index (χ0) is 31.3. The molecule has 7 nitrogen and oxygen atoms in total. The Bertz CT molecular complexity index is 1760. The quantitative estimate of drug-likeness (QED) is 0.173. The molecule has 8 heteroatoms. The summed E-state index contributed by atoms with van der Waals surface area (Å²) < 4.78 is 29.9. The van der Waals surface area contributed by atoms with Crippen LogP contribution in [0.25, 0.3) is 10.8 Å². The van der Waals surface area contributed by atoms with Crippen molar-refractivity contribution in [1.82, 2.24) is 10.3 Å². The molecule has 1 N–H and O–H groups in total. The number of ether oxygens (including phenoxy) is 3. The molecule has 0 spiro atoms. The molecule has 0 saturated heterocycles. The minimum absolute atomic E-state index is 0.0460. The van der Waals surface area contributed by atoms with E-state index in [4.69, 9.17) is 14.2 Å². The SMILES string of the molecule is COC(=O)CC(NC(=O)c1cc2cc(Oc3ccc(C(C)(C)C)cc3)ccc2cn1)c1ccc(Oc2ccc(F)cc2)cc1. The molecule has 1 aromatic heterocycles. The highest BCUT2D eigenvalue weighted by atomic mass is 19.1. The number of hydrogen-bond donors (Lipinski definition) is 1. The summed E-state index contributed by atoms with van der Waals surface area (Å²) >= 11 is 0. The van der Waals surface area contributed by atoms with Gasteiger partial charge in [0.25, 0.3) is 5.91 Å². The van der Waals surface area contributed by atoms with Crippen LogP contribution in [0.2, 0.25) is 0 Å². The number of carbonyl (C=O) groups excluding carboxylic acids is 2. The van der Waals surface area contributed by atoms with Crippen LogP contribution in [0, 0.1) is 5.82 Å². The fourth-order valence-electron chi connectivity index (χ4n) is 4.61. The molecule has 5 rings (SSSR count). The van der Waals surface area contributed by atoms with Crippen LogP contribution in [0.4, 0.5) is 4.39 Å². The third-order valence-electron chi connectivity index (χ3n) is 7.12. The Balaban J connectivity index is 1.32. The summed E-state index contributed by atoms with van der Waals surface area (Å²) in [6, 6.07) is 27.2. The van der Waals surface area contributed by atoms with Crippen LogP contribution in [-0.2, 0) is 14.9 Å². The molecular formula is C36H33FN2O5. The molecule has 0 aliphatic heterocycles. The molecule has 0 aliphatic carbocycles. The van der Waals surface area contributed by atoms with E-state index in [0.717, 1.165) is 10.8 Å². The number of halogens is 1. The summed E-state index contributed by atoms with van der Waals surface area (Å²) in [5.41, 5.74) is 2.12. The largest absolute Gasteiger partial charge is 0.469 e. The van der Waals surface area contributed by atoms with Crippen LogP contribution in [0.3, 0.4) is 0 Å². The number of fused-ring (bicyclic) bond motifs is 1. The van der Waals surface area contributed by atoms with E-state index in [1.165, 1.54) is 36.9 Å². The molecule has 0 aliphatic rings. The van der Waals surface area contributed by atoms with Gasteiger partial charge in [-0.3, -0.25) is 14.6 Å². The van der Waals surface area contributed by atoms with Gasteiger partial charge in [0, 0.05) is 11.6 Å². The number of esters is 1. The fourth-order valence-corrected chi connectivity index (χ4v) is 4.61. The molecule has 44 heavy (non-hydrogen) atoms. The predicted molar refractivity (Wildman–Crippen MR) is 167 cm³/mol. The third-order valence-corrected chi connectivity index (χ3v) is 7.12. The molecular weight excluding hydrogens is 559 g/mol. The van der Waals surface area contributed by atoms with Gasteiger partial charge >= 0.3 is 5.97 Å². The first-order valence-corrected chi connectivity index (χ1v) is 14.2. The number of amides is 1. The van der Waals surface area contributed by atoms with Gasteiger partial charge in [-0.15, -0.1) is 0 Å². The van der Waals surface area contributed by atoms with E-state index >= 15 is 0 Å². The molecule has 0 fully saturated rings. The Hall–Kier alpha value is -5.24. The minimum Gasteiger partial charge on any atom is -0.469 e. The van der Waals surface area contributed by atoms with Crippen molar-refractivity contribution in [2.45, 2.75) is 38.6 Å². The van der Waals surface area contributed by atoms with Crippen LogP contribution < -0.4 is 14.8 Å². The van der Waals surface area contributed by atoms with E-state index in [1.54, 1.807) is 36.5 Å². The molecule has 0 radical (unpaired) electrons. The van der Waals surface area contributed by atoms with Gasteiger partial charge in [-0.25, -0.2) is 4.39 Å². The maximum absolute atomic E-state index is 13.4. The van der Waals surface area contributed by atoms with E-state index in [2.05, 4.69) is 43.2 Å². The molecule has 0 saturated carbocycles. The second-order valence-electron chi connectivity index (χ2n) is 11.4. The van der Waals surface area contributed by atoms with Crippen molar-refractivity contribution in [3.8, 4) is 23.0 Å². The summed E-state index contributed by atoms with van der Waals surface area (Å²) in [7, 11) is 1.30. The predicted octanol–water partition coefficient (Wildman–Crippen LogP) is 8.29. The molecule has 224 valence electrons. The number of nitrogens with zero attached hydrogens (tertiary/aromatic N) is 1. The summed E-state index contributed by atoms with van der Waals surface area (Å²) in [6.07, 6.45) is 1.54. The zero-order valence-corrected chi connectivity index (χ0v) is 25.0. The smallest absolute Gasteiger partial charge is 0.307 e. The second kappa shape index (κ2) is 13.0. The summed E-state index contributed by atoms with van der Waals surface area (Å²) in [4.78, 5) is 29.9. The van der Waals surface area contributed by atoms with Crippen molar-refractivity contribution in [2.24, 2.45) is 0 Å². The average Bonchev–Trinajstić information content (AvgIpc) is 3.01. The second-order valence-corrected chi connectivity index (χ2v) is 11.4. The monoisotopic (exact) mass is 592 g/mol. The van der Waals surface area contributed by atoms with Crippen molar-refractivity contribution in [3.63, 3.8) is 0 Å². The first-order valence-electron chi connectivity index (χ1n) is 14.2. The van der Waals surface area contributed by atoms with E-state index in [1.807, 2.05) is 30.3 Å². The molecule has 1 unspecified atom stereocenters. The standard InChI is InChI=1S/C36H33FN2O5/c1-36(2,3)26-8-15-29(16-9-26)44-31-14-7-24-22-38-33(20-25(24)19-31)35(41)39-32(21-34(40)42-4)23-5-12-28(13-6-23)43-30-17-10-27(37)11-18-30/h5-20,22,32H,21H2,1-4H3,(H,39,41). The first-order chi connectivity index (χ1) is 21.1. The number of rotatable bonds is 9. The number of aromatic nitrogens is 1. The highest BCUT2D eigenvalue weighted by Crippen LogP contribution is 2.30. The van der Waals surface area contributed by atoms with Crippen molar-refractivity contribution in [3.05, 3.63) is 126 Å². The van der Waals surface area contributed by atoms with Gasteiger partial charge in [-0.2, -0.15) is 0 Å². The van der Waals surface area contributed by atoms with Gasteiger partial charge in [0.15, 0.2) is 0 Å². The van der Waals surface area contributed by atoms with Crippen molar-refractivity contribution < 1.29 is 28.2 Å². The van der Waals surface area contributed by atoms with Gasteiger partial charge in [0.05, 0.1) is 19.6 Å². The zero-order valence-electron chi connectivity index (χ0n) is 25.0. The van der Waals surface area contributed by atoms with Crippen molar-refractivity contribution >= 4 is 22.6 Å². The topological polar surface area (TPSA) is 86.8 Å². The highest BCUT2D eigenvalue weighted by Gasteiger charge is 2.21. The summed E-state index contributed by atoms with van der Waals surface area (Å²) in [5, 5.41) is 4.54. The van der Waals surface area contributed by atoms with Crippen molar-refractivity contribution in [1.29, 1.82) is 0 Å². The van der Waals surface area contributed by atoms with Gasteiger partial charge < -0.3 is 19.5 Å². The molecule has 1 amide bonds. The lowest BCUT2D eigenvalue weighted by atomic mass is 9.87. The van der Waals surface area contributed by atoms with Crippen LogP contribution in [0.1, 0.15) is 54.8 Å². The Labute approximate surface area is 255 Å².